The van der Waals surface area contributed by atoms with Crippen molar-refractivity contribution in [3.63, 3.8) is 0 Å². The smallest absolute Gasteiger partial charge is 0.270 e. The summed E-state index contributed by atoms with van der Waals surface area (Å²) >= 11 is 1.39. The predicted molar refractivity (Wildman–Crippen MR) is 113 cm³/mol. The Morgan fingerprint density at radius 3 is 2.90 bits per heavy atom. The Bertz CT molecular complexity index is 1000. The maximum Gasteiger partial charge on any atom is 0.270 e. The molecule has 158 valence electrons. The molecule has 8 heteroatoms. The summed E-state index contributed by atoms with van der Waals surface area (Å²) in [5, 5.41) is 12.2. The Labute approximate surface area is 180 Å². The maximum atomic E-state index is 13.2. The number of likely N-dealkylation sites (tertiary alicyclic amines) is 1. The van der Waals surface area contributed by atoms with Crippen LogP contribution in [0.5, 0.6) is 0 Å². The van der Waals surface area contributed by atoms with Gasteiger partial charge in [0, 0.05) is 24.0 Å². The summed E-state index contributed by atoms with van der Waals surface area (Å²) in [5.74, 6) is -0.220. The zero-order valence-corrected chi connectivity index (χ0v) is 18.1. The van der Waals surface area contributed by atoms with E-state index in [9.17, 15) is 9.59 Å². The minimum Gasteiger partial charge on any atom is -0.373 e. The molecule has 1 saturated heterocycles. The molecule has 2 aliphatic heterocycles. The van der Waals surface area contributed by atoms with Crippen LogP contribution in [0.2, 0.25) is 0 Å². The van der Waals surface area contributed by atoms with Crippen molar-refractivity contribution in [1.29, 1.82) is 5.26 Å². The fraction of sp³-hybridized carbons (Fsp3) is 0.500. The van der Waals surface area contributed by atoms with E-state index in [4.69, 9.17) is 10.00 Å². The highest BCUT2D eigenvalue weighted by Crippen LogP contribution is 2.28. The molecule has 0 aliphatic carbocycles. The summed E-state index contributed by atoms with van der Waals surface area (Å²) in [4.78, 5) is 29.9. The van der Waals surface area contributed by atoms with E-state index < -0.39 is 0 Å². The first-order chi connectivity index (χ1) is 14.5. The van der Waals surface area contributed by atoms with E-state index >= 15 is 0 Å². The van der Waals surface area contributed by atoms with Crippen molar-refractivity contribution in [3.8, 4) is 6.07 Å². The monoisotopic (exact) mass is 426 g/mol. The number of nitrogens with one attached hydrogen (secondary N) is 1. The molecule has 2 aliphatic rings. The zero-order chi connectivity index (χ0) is 21.3. The Balaban J connectivity index is 1.61. The van der Waals surface area contributed by atoms with Crippen molar-refractivity contribution in [3.05, 3.63) is 44.9 Å². The number of carbonyl (C=O) groups is 2. The zero-order valence-electron chi connectivity index (χ0n) is 17.3. The minimum atomic E-state index is -0.212. The number of nitrogens with zero attached hydrogens (tertiary/aromatic N) is 3. The lowest BCUT2D eigenvalue weighted by molar-refractivity contribution is 0.0683. The van der Waals surface area contributed by atoms with Crippen LogP contribution in [0.3, 0.4) is 0 Å². The lowest BCUT2D eigenvalue weighted by Gasteiger charge is -2.24. The van der Waals surface area contributed by atoms with Gasteiger partial charge in [-0.15, -0.1) is 11.3 Å². The predicted octanol–water partition coefficient (Wildman–Crippen LogP) is 3.46. The molecule has 2 aromatic heterocycles. The summed E-state index contributed by atoms with van der Waals surface area (Å²) in [6.45, 7) is 6.25. The van der Waals surface area contributed by atoms with Crippen LogP contribution in [0, 0.1) is 11.3 Å². The summed E-state index contributed by atoms with van der Waals surface area (Å²) in [6.07, 6.45) is 2.74. The average molecular weight is 427 g/mol. The molecule has 2 atom stereocenters. The number of ether oxygens (including phenoxy) is 1. The first-order valence-corrected chi connectivity index (χ1v) is 11.3. The van der Waals surface area contributed by atoms with Crippen molar-refractivity contribution in [2.24, 2.45) is 0 Å². The first kappa shape index (κ1) is 20.6. The van der Waals surface area contributed by atoms with Gasteiger partial charge in [-0.3, -0.25) is 9.59 Å². The first-order valence-electron chi connectivity index (χ1n) is 10.4. The second-order valence-corrected chi connectivity index (χ2v) is 8.95. The van der Waals surface area contributed by atoms with Gasteiger partial charge in [0.15, 0.2) is 0 Å². The summed E-state index contributed by atoms with van der Waals surface area (Å²) in [6, 6.07) is 7.58. The van der Waals surface area contributed by atoms with E-state index in [2.05, 4.69) is 18.3 Å². The molecule has 2 aromatic rings. The SMILES string of the molecule is CC[C@@H](NC(=O)c1cc(C(=O)N2CCC[C@@H]2C)n2c1COCC2)c1ccc(C#N)s1. The van der Waals surface area contributed by atoms with E-state index in [1.807, 2.05) is 22.5 Å². The molecule has 4 heterocycles. The number of nitriles is 1. The van der Waals surface area contributed by atoms with Crippen LogP contribution in [-0.4, -0.2) is 40.5 Å². The van der Waals surface area contributed by atoms with E-state index in [0.29, 0.717) is 42.3 Å². The molecule has 7 nitrogen and oxygen atoms in total. The van der Waals surface area contributed by atoms with Gasteiger partial charge in [-0.2, -0.15) is 5.26 Å². The van der Waals surface area contributed by atoms with Gasteiger partial charge < -0.3 is 19.5 Å². The molecule has 1 N–H and O–H groups in total. The van der Waals surface area contributed by atoms with Crippen molar-refractivity contribution in [1.82, 2.24) is 14.8 Å². The molecule has 0 bridgehead atoms. The van der Waals surface area contributed by atoms with Crippen LogP contribution in [0.25, 0.3) is 0 Å². The van der Waals surface area contributed by atoms with Crippen LogP contribution in [-0.2, 0) is 17.9 Å². The highest BCUT2D eigenvalue weighted by molar-refractivity contribution is 7.12. The second-order valence-electron chi connectivity index (χ2n) is 7.83. The summed E-state index contributed by atoms with van der Waals surface area (Å²) in [7, 11) is 0. The maximum absolute atomic E-state index is 13.2. The van der Waals surface area contributed by atoms with Crippen LogP contribution in [0.4, 0.5) is 0 Å². The quantitative estimate of drug-likeness (QED) is 0.793. The highest BCUT2D eigenvalue weighted by atomic mass is 32.1. The number of fused-ring (bicyclic) bond motifs is 1. The van der Waals surface area contributed by atoms with Gasteiger partial charge in [-0.25, -0.2) is 0 Å². The van der Waals surface area contributed by atoms with Gasteiger partial charge in [0.2, 0.25) is 0 Å². The molecular formula is C22H26N4O3S. The van der Waals surface area contributed by atoms with E-state index in [1.165, 1.54) is 11.3 Å². The lowest BCUT2D eigenvalue weighted by Crippen LogP contribution is -2.35. The number of rotatable bonds is 5. The fourth-order valence-corrected chi connectivity index (χ4v) is 5.23. The van der Waals surface area contributed by atoms with Crippen molar-refractivity contribution < 1.29 is 14.3 Å². The highest BCUT2D eigenvalue weighted by Gasteiger charge is 2.32. The van der Waals surface area contributed by atoms with E-state index in [-0.39, 0.29) is 23.9 Å². The normalized spacial score (nSPS) is 19.2. The Hall–Kier alpha value is -2.63. The number of amides is 2. The number of aromatic nitrogens is 1. The number of hydrogen-bond donors (Lipinski definition) is 1. The van der Waals surface area contributed by atoms with Gasteiger partial charge in [0.25, 0.3) is 11.8 Å². The minimum absolute atomic E-state index is 0.00818. The van der Waals surface area contributed by atoms with Crippen molar-refractivity contribution >= 4 is 23.2 Å². The summed E-state index contributed by atoms with van der Waals surface area (Å²) < 4.78 is 7.55. The van der Waals surface area contributed by atoms with Crippen LogP contribution < -0.4 is 5.32 Å². The molecule has 1 fully saturated rings. The fourth-order valence-electron chi connectivity index (χ4n) is 4.29. The number of hydrogen-bond acceptors (Lipinski definition) is 5. The summed E-state index contributed by atoms with van der Waals surface area (Å²) in [5.41, 5.74) is 1.83. The molecule has 0 saturated carbocycles. The Morgan fingerprint density at radius 1 is 1.40 bits per heavy atom. The van der Waals surface area contributed by atoms with Crippen molar-refractivity contribution in [2.45, 2.75) is 58.3 Å². The third-order valence-corrected chi connectivity index (χ3v) is 7.08. The lowest BCUT2D eigenvalue weighted by atomic mass is 10.1. The topological polar surface area (TPSA) is 87.4 Å². The molecule has 0 unspecified atom stereocenters. The molecule has 0 spiro atoms. The molecule has 0 radical (unpaired) electrons. The van der Waals surface area contributed by atoms with Gasteiger partial charge in [0.05, 0.1) is 30.5 Å². The standard InChI is InChI=1S/C22H26N4O3S/c1-3-17(20-7-6-15(12-23)30-20)24-21(27)16-11-18(26-9-10-29-13-19(16)26)22(28)25-8-4-5-14(25)2/h6-7,11,14,17H,3-5,8-10,13H2,1-2H3,(H,24,27)/t14-,17+/m0/s1. The van der Waals surface area contributed by atoms with Gasteiger partial charge in [0.1, 0.15) is 16.6 Å². The Kier molecular flexibility index (Phi) is 5.93. The van der Waals surface area contributed by atoms with Crippen LogP contribution >= 0.6 is 11.3 Å². The van der Waals surface area contributed by atoms with Gasteiger partial charge >= 0.3 is 0 Å². The van der Waals surface area contributed by atoms with E-state index in [0.717, 1.165) is 30.0 Å². The molecule has 4 rings (SSSR count). The molecule has 30 heavy (non-hydrogen) atoms. The largest absolute Gasteiger partial charge is 0.373 e. The number of carbonyl (C=O) groups excluding carboxylic acids is 2. The molecule has 0 aromatic carbocycles. The van der Waals surface area contributed by atoms with Crippen LogP contribution in [0.15, 0.2) is 18.2 Å². The third-order valence-electron chi connectivity index (χ3n) is 5.98. The third kappa shape index (κ3) is 3.75. The molecular weight excluding hydrogens is 400 g/mol. The van der Waals surface area contributed by atoms with Gasteiger partial charge in [-0.05, 0) is 44.4 Å². The average Bonchev–Trinajstić information content (AvgIpc) is 3.49. The molecule has 2 amide bonds. The van der Waals surface area contributed by atoms with Crippen LogP contribution in [0.1, 0.15) is 75.4 Å². The Morgan fingerprint density at radius 2 is 2.23 bits per heavy atom. The number of thiophene rings is 1. The van der Waals surface area contributed by atoms with Gasteiger partial charge in [-0.1, -0.05) is 6.92 Å². The second kappa shape index (κ2) is 8.62. The van der Waals surface area contributed by atoms with Crippen molar-refractivity contribution in [2.75, 3.05) is 13.2 Å². The van der Waals surface area contributed by atoms with E-state index in [1.54, 1.807) is 12.1 Å².